The molecule has 1 N–H and O–H groups in total. The second-order valence-corrected chi connectivity index (χ2v) is 7.09. The van der Waals surface area contributed by atoms with Crippen molar-refractivity contribution in [2.24, 2.45) is 5.92 Å². The number of hydrogen-bond donors (Lipinski definition) is 1. The third-order valence-corrected chi connectivity index (χ3v) is 5.51. The van der Waals surface area contributed by atoms with Crippen LogP contribution in [0.15, 0.2) is 23.1 Å². The third-order valence-electron chi connectivity index (χ3n) is 3.69. The zero-order valence-corrected chi connectivity index (χ0v) is 11.6. The molecule has 1 saturated heterocycles. The molecule has 2 heterocycles. The molecule has 108 valence electrons. The minimum Gasteiger partial charge on any atom is -0.493 e. The van der Waals surface area contributed by atoms with Crippen molar-refractivity contribution >= 4 is 16.0 Å². The van der Waals surface area contributed by atoms with Crippen molar-refractivity contribution in [3.8, 4) is 5.75 Å². The van der Waals surface area contributed by atoms with E-state index in [1.165, 1.54) is 4.31 Å². The summed E-state index contributed by atoms with van der Waals surface area (Å²) in [4.78, 5) is 10.8. The molecule has 0 unspecified atom stereocenters. The molecule has 20 heavy (non-hydrogen) atoms. The summed E-state index contributed by atoms with van der Waals surface area (Å²) >= 11 is 0. The summed E-state index contributed by atoms with van der Waals surface area (Å²) in [6.45, 7) is 1.15. The van der Waals surface area contributed by atoms with Crippen LogP contribution in [0.2, 0.25) is 0 Å². The van der Waals surface area contributed by atoms with Gasteiger partial charge in [0.15, 0.2) is 0 Å². The van der Waals surface area contributed by atoms with E-state index in [1.54, 1.807) is 18.2 Å². The van der Waals surface area contributed by atoms with Gasteiger partial charge in [-0.3, -0.25) is 4.79 Å². The van der Waals surface area contributed by atoms with E-state index in [0.717, 1.165) is 17.7 Å². The SMILES string of the molecule is O=C(O)CC1CN(S(=O)(=O)c2ccc3c(c2)CCO3)C1. The van der Waals surface area contributed by atoms with Gasteiger partial charge < -0.3 is 9.84 Å². The van der Waals surface area contributed by atoms with Crippen molar-refractivity contribution in [3.05, 3.63) is 23.8 Å². The molecule has 1 fully saturated rings. The predicted molar refractivity (Wildman–Crippen MR) is 70.1 cm³/mol. The van der Waals surface area contributed by atoms with Gasteiger partial charge in [0, 0.05) is 19.5 Å². The van der Waals surface area contributed by atoms with Crippen LogP contribution in [0.5, 0.6) is 5.75 Å². The van der Waals surface area contributed by atoms with Crippen molar-refractivity contribution in [1.82, 2.24) is 4.31 Å². The highest BCUT2D eigenvalue weighted by Gasteiger charge is 2.37. The number of carboxylic acids is 1. The van der Waals surface area contributed by atoms with Crippen LogP contribution in [0.1, 0.15) is 12.0 Å². The maximum Gasteiger partial charge on any atom is 0.303 e. The molecule has 0 saturated carbocycles. The Hall–Kier alpha value is -1.60. The van der Waals surface area contributed by atoms with Gasteiger partial charge in [0.05, 0.1) is 17.9 Å². The Morgan fingerprint density at radius 1 is 1.40 bits per heavy atom. The molecular formula is C13H15NO5S. The zero-order chi connectivity index (χ0) is 14.3. The van der Waals surface area contributed by atoms with Crippen LogP contribution in [-0.4, -0.2) is 43.5 Å². The molecule has 0 aliphatic carbocycles. The first-order valence-electron chi connectivity index (χ1n) is 6.44. The van der Waals surface area contributed by atoms with E-state index >= 15 is 0 Å². The molecule has 0 aromatic heterocycles. The van der Waals surface area contributed by atoms with Crippen molar-refractivity contribution in [2.75, 3.05) is 19.7 Å². The Labute approximate surface area is 117 Å². The topological polar surface area (TPSA) is 83.9 Å². The van der Waals surface area contributed by atoms with Gasteiger partial charge in [-0.1, -0.05) is 0 Å². The summed E-state index contributed by atoms with van der Waals surface area (Å²) in [7, 11) is -3.51. The van der Waals surface area contributed by atoms with E-state index in [2.05, 4.69) is 0 Å². The molecular weight excluding hydrogens is 282 g/mol. The van der Waals surface area contributed by atoms with E-state index in [4.69, 9.17) is 9.84 Å². The highest BCUT2D eigenvalue weighted by molar-refractivity contribution is 7.89. The number of benzene rings is 1. The fourth-order valence-electron chi connectivity index (χ4n) is 2.57. The number of hydrogen-bond acceptors (Lipinski definition) is 4. The smallest absolute Gasteiger partial charge is 0.303 e. The number of ether oxygens (including phenoxy) is 1. The number of nitrogens with zero attached hydrogens (tertiary/aromatic N) is 1. The van der Waals surface area contributed by atoms with Gasteiger partial charge in [0.25, 0.3) is 0 Å². The maximum atomic E-state index is 12.4. The van der Waals surface area contributed by atoms with Crippen LogP contribution in [0.4, 0.5) is 0 Å². The summed E-state index contributed by atoms with van der Waals surface area (Å²) in [6.07, 6.45) is 0.740. The number of rotatable bonds is 4. The van der Waals surface area contributed by atoms with E-state index in [-0.39, 0.29) is 30.3 Å². The fraction of sp³-hybridized carbons (Fsp3) is 0.462. The van der Waals surface area contributed by atoms with Gasteiger partial charge in [0.2, 0.25) is 10.0 Å². The number of carboxylic acid groups (broad SMARTS) is 1. The van der Waals surface area contributed by atoms with Gasteiger partial charge in [-0.15, -0.1) is 0 Å². The molecule has 0 radical (unpaired) electrons. The minimum absolute atomic E-state index is 0.0179. The second kappa shape index (κ2) is 4.75. The Morgan fingerprint density at radius 3 is 2.85 bits per heavy atom. The lowest BCUT2D eigenvalue weighted by Gasteiger charge is -2.37. The van der Waals surface area contributed by atoms with Crippen LogP contribution < -0.4 is 4.74 Å². The zero-order valence-electron chi connectivity index (χ0n) is 10.8. The quantitative estimate of drug-likeness (QED) is 0.885. The summed E-state index contributed by atoms with van der Waals surface area (Å²) < 4.78 is 31.5. The van der Waals surface area contributed by atoms with Gasteiger partial charge in [-0.2, -0.15) is 4.31 Å². The lowest BCUT2D eigenvalue weighted by atomic mass is 10.00. The Kier molecular flexibility index (Phi) is 3.18. The van der Waals surface area contributed by atoms with Crippen LogP contribution in [-0.2, 0) is 21.2 Å². The monoisotopic (exact) mass is 297 g/mol. The minimum atomic E-state index is -3.51. The Morgan fingerprint density at radius 2 is 2.15 bits per heavy atom. The van der Waals surface area contributed by atoms with Gasteiger partial charge in [-0.05, 0) is 29.7 Å². The van der Waals surface area contributed by atoms with Crippen molar-refractivity contribution in [3.63, 3.8) is 0 Å². The number of sulfonamides is 1. The molecule has 2 aliphatic rings. The summed E-state index contributed by atoms with van der Waals surface area (Å²) in [5.74, 6) is -0.224. The first-order valence-corrected chi connectivity index (χ1v) is 7.88. The summed E-state index contributed by atoms with van der Waals surface area (Å²) in [6, 6.07) is 4.88. The summed E-state index contributed by atoms with van der Waals surface area (Å²) in [5, 5.41) is 8.68. The van der Waals surface area contributed by atoms with Crippen LogP contribution in [0.3, 0.4) is 0 Å². The molecule has 7 heteroatoms. The van der Waals surface area contributed by atoms with Crippen LogP contribution in [0, 0.1) is 5.92 Å². The van der Waals surface area contributed by atoms with Crippen molar-refractivity contribution < 1.29 is 23.1 Å². The largest absolute Gasteiger partial charge is 0.493 e. The molecule has 3 rings (SSSR count). The number of fused-ring (bicyclic) bond motifs is 1. The van der Waals surface area contributed by atoms with Crippen LogP contribution in [0.25, 0.3) is 0 Å². The number of aliphatic carboxylic acids is 1. The maximum absolute atomic E-state index is 12.4. The molecule has 0 bridgehead atoms. The normalized spacial score (nSPS) is 19.2. The van der Waals surface area contributed by atoms with E-state index in [0.29, 0.717) is 6.61 Å². The first-order chi connectivity index (χ1) is 9.46. The molecule has 0 spiro atoms. The van der Waals surface area contributed by atoms with Gasteiger partial charge in [0.1, 0.15) is 5.75 Å². The van der Waals surface area contributed by atoms with Crippen molar-refractivity contribution in [2.45, 2.75) is 17.7 Å². The van der Waals surface area contributed by atoms with Crippen LogP contribution >= 0.6 is 0 Å². The molecule has 6 nitrogen and oxygen atoms in total. The van der Waals surface area contributed by atoms with E-state index < -0.39 is 16.0 Å². The molecule has 2 aliphatic heterocycles. The molecule has 1 aromatic carbocycles. The van der Waals surface area contributed by atoms with E-state index in [9.17, 15) is 13.2 Å². The standard InChI is InChI=1S/C13H15NO5S/c15-13(16)5-9-7-14(8-9)20(17,18)11-1-2-12-10(6-11)3-4-19-12/h1-2,6,9H,3-5,7-8H2,(H,15,16). The second-order valence-electron chi connectivity index (χ2n) is 5.15. The average Bonchev–Trinajstić information content (AvgIpc) is 2.79. The molecule has 0 atom stereocenters. The highest BCUT2D eigenvalue weighted by atomic mass is 32.2. The molecule has 1 aromatic rings. The lowest BCUT2D eigenvalue weighted by molar-refractivity contribution is -0.139. The third kappa shape index (κ3) is 2.27. The summed E-state index contributed by atoms with van der Waals surface area (Å²) in [5.41, 5.74) is 0.911. The Bertz CT molecular complexity index is 649. The average molecular weight is 297 g/mol. The Balaban J connectivity index is 1.75. The van der Waals surface area contributed by atoms with E-state index in [1.807, 2.05) is 0 Å². The van der Waals surface area contributed by atoms with Gasteiger partial charge >= 0.3 is 5.97 Å². The highest BCUT2D eigenvalue weighted by Crippen LogP contribution is 2.31. The fourth-order valence-corrected chi connectivity index (χ4v) is 4.21. The van der Waals surface area contributed by atoms with Crippen molar-refractivity contribution in [1.29, 1.82) is 0 Å². The van der Waals surface area contributed by atoms with Gasteiger partial charge in [-0.25, -0.2) is 8.42 Å². The first kappa shape index (κ1) is 13.4. The molecule has 0 amide bonds. The predicted octanol–water partition coefficient (Wildman–Crippen LogP) is 0.717. The number of carbonyl (C=O) groups is 1. The lowest BCUT2D eigenvalue weighted by Crippen LogP contribution is -2.50.